The molecule has 0 N–H and O–H groups in total. The van der Waals surface area contributed by atoms with Crippen LogP contribution in [0.2, 0.25) is 0 Å². The number of carbonyl (C=O) groups excluding carboxylic acids is 1. The van der Waals surface area contributed by atoms with Gasteiger partial charge in [0.2, 0.25) is 11.8 Å². The molecule has 1 aromatic carbocycles. The van der Waals surface area contributed by atoms with Crippen molar-refractivity contribution in [1.82, 2.24) is 9.47 Å². The summed E-state index contributed by atoms with van der Waals surface area (Å²) in [5, 5.41) is 9.15. The quantitative estimate of drug-likeness (QED) is 0.791. The molecule has 7 nitrogen and oxygen atoms in total. The Hall–Kier alpha value is -3.27. The zero-order valence-electron chi connectivity index (χ0n) is 15.2. The molecule has 1 unspecified atom stereocenters. The van der Waals surface area contributed by atoms with Crippen molar-refractivity contribution in [3.8, 4) is 17.7 Å². The van der Waals surface area contributed by atoms with E-state index in [4.69, 9.17) is 14.7 Å². The average Bonchev–Trinajstić information content (AvgIpc) is 2.67. The van der Waals surface area contributed by atoms with E-state index in [2.05, 4.69) is 0 Å². The van der Waals surface area contributed by atoms with Crippen LogP contribution in [0, 0.1) is 11.3 Å². The monoisotopic (exact) mass is 355 g/mol. The zero-order valence-corrected chi connectivity index (χ0v) is 15.2. The molecule has 1 atom stereocenters. The Morgan fingerprint density at radius 2 is 1.92 bits per heavy atom. The maximum absolute atomic E-state index is 12.7. The second kappa shape index (κ2) is 8.21. The molecule has 2 rings (SSSR count). The Labute approximate surface area is 152 Å². The minimum atomic E-state index is -0.410. The topological polar surface area (TPSA) is 84.6 Å². The first kappa shape index (κ1) is 19.1. The number of rotatable bonds is 6. The number of hydrogen-bond donors (Lipinski definition) is 0. The zero-order chi connectivity index (χ0) is 19.3. The number of amides is 1. The lowest BCUT2D eigenvalue weighted by Crippen LogP contribution is -2.36. The number of para-hydroxylation sites is 1. The molecule has 1 aromatic heterocycles. The van der Waals surface area contributed by atoms with Crippen molar-refractivity contribution < 1.29 is 14.3 Å². The Morgan fingerprint density at radius 1 is 1.23 bits per heavy atom. The van der Waals surface area contributed by atoms with E-state index in [0.29, 0.717) is 5.75 Å². The fourth-order valence-corrected chi connectivity index (χ4v) is 2.70. The minimum Gasteiger partial charge on any atom is -0.496 e. The van der Waals surface area contributed by atoms with Gasteiger partial charge in [-0.2, -0.15) is 5.26 Å². The smallest absolute Gasteiger partial charge is 0.253 e. The lowest BCUT2D eigenvalue weighted by Gasteiger charge is -2.27. The number of nitriles is 1. The van der Waals surface area contributed by atoms with Gasteiger partial charge < -0.3 is 14.4 Å². The molecule has 0 aliphatic heterocycles. The highest BCUT2D eigenvalue weighted by atomic mass is 16.5. The number of hydrogen-bond acceptors (Lipinski definition) is 5. The van der Waals surface area contributed by atoms with E-state index in [1.54, 1.807) is 14.2 Å². The van der Waals surface area contributed by atoms with Crippen LogP contribution in [0.5, 0.6) is 11.6 Å². The molecule has 0 bridgehead atoms. The van der Waals surface area contributed by atoms with Gasteiger partial charge in [0.1, 0.15) is 23.9 Å². The Kier molecular flexibility index (Phi) is 6.02. The van der Waals surface area contributed by atoms with Crippen LogP contribution >= 0.6 is 0 Å². The molecule has 0 radical (unpaired) electrons. The first-order chi connectivity index (χ1) is 12.4. The van der Waals surface area contributed by atoms with E-state index in [1.165, 1.54) is 24.1 Å². The van der Waals surface area contributed by atoms with Gasteiger partial charge in [-0.3, -0.25) is 14.2 Å². The second-order valence-electron chi connectivity index (χ2n) is 5.72. The number of methoxy groups -OCH3 is 2. The number of benzene rings is 1. The molecule has 1 amide bonds. The molecular weight excluding hydrogens is 334 g/mol. The van der Waals surface area contributed by atoms with Gasteiger partial charge in [0, 0.05) is 18.7 Å². The fourth-order valence-electron chi connectivity index (χ4n) is 2.70. The summed E-state index contributed by atoms with van der Waals surface area (Å²) in [6.45, 7) is 1.65. The molecule has 7 heteroatoms. The van der Waals surface area contributed by atoms with Crippen molar-refractivity contribution in [2.24, 2.45) is 0 Å². The maximum Gasteiger partial charge on any atom is 0.253 e. The Morgan fingerprint density at radius 3 is 2.54 bits per heavy atom. The van der Waals surface area contributed by atoms with Gasteiger partial charge in [0.25, 0.3) is 5.56 Å². The van der Waals surface area contributed by atoms with Gasteiger partial charge >= 0.3 is 0 Å². The molecule has 0 aliphatic carbocycles. The van der Waals surface area contributed by atoms with E-state index in [0.717, 1.165) is 10.1 Å². The van der Waals surface area contributed by atoms with Gasteiger partial charge in [-0.25, -0.2) is 0 Å². The second-order valence-corrected chi connectivity index (χ2v) is 5.72. The molecule has 26 heavy (non-hydrogen) atoms. The largest absolute Gasteiger partial charge is 0.496 e. The number of nitrogens with zero attached hydrogens (tertiary/aromatic N) is 3. The average molecular weight is 355 g/mol. The van der Waals surface area contributed by atoms with Crippen molar-refractivity contribution in [3.63, 3.8) is 0 Å². The third kappa shape index (κ3) is 3.70. The molecule has 0 fully saturated rings. The number of aromatic nitrogens is 1. The van der Waals surface area contributed by atoms with Crippen LogP contribution in [0.15, 0.2) is 41.2 Å². The summed E-state index contributed by atoms with van der Waals surface area (Å²) in [6.07, 6.45) is 0. The van der Waals surface area contributed by atoms with Crippen LogP contribution in [0.25, 0.3) is 0 Å². The highest BCUT2D eigenvalue weighted by Crippen LogP contribution is 2.28. The maximum atomic E-state index is 12.7. The Bertz CT molecular complexity index is 898. The van der Waals surface area contributed by atoms with Crippen molar-refractivity contribution in [3.05, 3.63) is 57.9 Å². The van der Waals surface area contributed by atoms with E-state index in [9.17, 15) is 9.59 Å². The molecule has 1 heterocycles. The summed E-state index contributed by atoms with van der Waals surface area (Å²) in [5.41, 5.74) is 0.642. The third-order valence-electron chi connectivity index (χ3n) is 4.30. The van der Waals surface area contributed by atoms with E-state index in [-0.39, 0.29) is 29.9 Å². The fraction of sp³-hybridized carbons (Fsp3) is 0.316. The lowest BCUT2D eigenvalue weighted by atomic mass is 10.1. The van der Waals surface area contributed by atoms with Crippen molar-refractivity contribution in [1.29, 1.82) is 5.26 Å². The van der Waals surface area contributed by atoms with E-state index < -0.39 is 5.56 Å². The summed E-state index contributed by atoms with van der Waals surface area (Å²) in [5.74, 6) is 0.464. The number of carbonyl (C=O) groups is 1. The van der Waals surface area contributed by atoms with Crippen LogP contribution in [-0.4, -0.2) is 36.6 Å². The third-order valence-corrected chi connectivity index (χ3v) is 4.30. The number of ether oxygens (including phenoxy) is 2. The van der Waals surface area contributed by atoms with Crippen LogP contribution in [0.3, 0.4) is 0 Å². The van der Waals surface area contributed by atoms with E-state index in [1.807, 2.05) is 37.3 Å². The van der Waals surface area contributed by atoms with Crippen LogP contribution in [0.4, 0.5) is 0 Å². The van der Waals surface area contributed by atoms with Gasteiger partial charge in [-0.1, -0.05) is 18.2 Å². The van der Waals surface area contributed by atoms with E-state index >= 15 is 0 Å². The molecular formula is C19H21N3O4. The van der Waals surface area contributed by atoms with Crippen LogP contribution < -0.4 is 15.0 Å². The standard InChI is InChI=1S/C19H21N3O4/c1-13(15-7-5-6-8-16(15)25-3)21(2)18(24)12-22-17(23)10-9-14(11-20)19(22)26-4/h5-10,13H,12H2,1-4H3. The SMILES string of the molecule is COc1ccccc1C(C)N(C)C(=O)Cn1c(OC)c(C#N)ccc1=O. The van der Waals surface area contributed by atoms with Crippen LogP contribution in [0.1, 0.15) is 24.1 Å². The first-order valence-electron chi connectivity index (χ1n) is 8.01. The predicted octanol–water partition coefficient (Wildman–Crippen LogP) is 1.96. The molecule has 2 aromatic rings. The summed E-state index contributed by atoms with van der Waals surface area (Å²) in [7, 11) is 4.59. The van der Waals surface area contributed by atoms with Gasteiger partial charge in [0.05, 0.1) is 20.3 Å². The van der Waals surface area contributed by atoms with Gasteiger partial charge in [-0.15, -0.1) is 0 Å². The number of likely N-dealkylation sites (N-methyl/N-ethyl adjacent to an activating group) is 1. The minimum absolute atomic E-state index is 0.0756. The molecule has 0 aliphatic rings. The van der Waals surface area contributed by atoms with Crippen molar-refractivity contribution >= 4 is 5.91 Å². The number of pyridine rings is 1. The van der Waals surface area contributed by atoms with Gasteiger partial charge in [0.15, 0.2) is 0 Å². The Balaban J connectivity index is 2.30. The highest BCUT2D eigenvalue weighted by molar-refractivity contribution is 5.76. The first-order valence-corrected chi connectivity index (χ1v) is 8.01. The summed E-state index contributed by atoms with van der Waals surface area (Å²) >= 11 is 0. The van der Waals surface area contributed by atoms with Crippen molar-refractivity contribution in [2.75, 3.05) is 21.3 Å². The molecule has 136 valence electrons. The molecule has 0 saturated heterocycles. The molecule has 0 spiro atoms. The summed E-state index contributed by atoms with van der Waals surface area (Å²) < 4.78 is 11.7. The van der Waals surface area contributed by atoms with Gasteiger partial charge in [-0.05, 0) is 19.1 Å². The predicted molar refractivity (Wildman–Crippen MR) is 96.1 cm³/mol. The summed E-state index contributed by atoms with van der Waals surface area (Å²) in [4.78, 5) is 26.4. The lowest BCUT2D eigenvalue weighted by molar-refractivity contribution is -0.132. The summed E-state index contributed by atoms with van der Waals surface area (Å²) in [6, 6.07) is 11.8. The van der Waals surface area contributed by atoms with Crippen LogP contribution in [-0.2, 0) is 11.3 Å². The molecule has 0 saturated carbocycles. The highest BCUT2D eigenvalue weighted by Gasteiger charge is 2.22. The van der Waals surface area contributed by atoms with Crippen molar-refractivity contribution in [2.45, 2.75) is 19.5 Å². The normalized spacial score (nSPS) is 11.3.